The number of anilines is 1. The van der Waals surface area contributed by atoms with Gasteiger partial charge in [-0.3, -0.25) is 4.79 Å². The summed E-state index contributed by atoms with van der Waals surface area (Å²) in [5.41, 5.74) is 1.74. The van der Waals surface area contributed by atoms with Crippen molar-refractivity contribution in [1.82, 2.24) is 0 Å². The molecular formula is C18H19NO. The lowest BCUT2D eigenvalue weighted by Crippen LogP contribution is -2.40. The minimum atomic E-state index is 0.0937. The molecule has 1 saturated carbocycles. The molecule has 2 aromatic rings. The number of para-hydroxylation sites is 1. The smallest absolute Gasteiger partial charge is 0.258 e. The molecule has 0 N–H and O–H groups in total. The summed E-state index contributed by atoms with van der Waals surface area (Å²) in [6.07, 6.45) is 2.46. The van der Waals surface area contributed by atoms with Gasteiger partial charge >= 0.3 is 0 Å². The van der Waals surface area contributed by atoms with Crippen LogP contribution in [0.2, 0.25) is 0 Å². The Labute approximate surface area is 120 Å². The van der Waals surface area contributed by atoms with Crippen LogP contribution >= 0.6 is 0 Å². The van der Waals surface area contributed by atoms with E-state index in [0.29, 0.717) is 5.92 Å². The third-order valence-electron chi connectivity index (χ3n) is 3.99. The lowest BCUT2D eigenvalue weighted by atomic mass is 10.1. The number of carbonyl (C=O) groups is 1. The van der Waals surface area contributed by atoms with E-state index in [-0.39, 0.29) is 11.9 Å². The largest absolute Gasteiger partial charge is 0.305 e. The van der Waals surface area contributed by atoms with Gasteiger partial charge in [-0.1, -0.05) is 36.4 Å². The number of carbonyl (C=O) groups excluding carboxylic acids is 1. The summed E-state index contributed by atoms with van der Waals surface area (Å²) in [7, 11) is 0. The molecule has 0 bridgehead atoms. The predicted octanol–water partition coefficient (Wildman–Crippen LogP) is 4.13. The molecule has 0 unspecified atom stereocenters. The maximum absolute atomic E-state index is 12.8. The Kier molecular flexibility index (Phi) is 3.55. The Morgan fingerprint density at radius 1 is 1.00 bits per heavy atom. The molecule has 1 amide bonds. The second kappa shape index (κ2) is 5.49. The monoisotopic (exact) mass is 265 g/mol. The van der Waals surface area contributed by atoms with Crippen molar-refractivity contribution in [2.45, 2.75) is 25.8 Å². The second-order valence-electron chi connectivity index (χ2n) is 5.45. The average molecular weight is 265 g/mol. The molecule has 102 valence electrons. The standard InChI is InChI=1S/C18H19NO/c1-14(15-12-13-15)19(17-10-6-3-7-11-17)18(20)16-8-4-2-5-9-16/h2-11,14-15H,12-13H2,1H3/t14-/m1/s1. The molecule has 0 saturated heterocycles. The minimum Gasteiger partial charge on any atom is -0.305 e. The van der Waals surface area contributed by atoms with Crippen LogP contribution in [0.1, 0.15) is 30.1 Å². The summed E-state index contributed by atoms with van der Waals surface area (Å²) in [6, 6.07) is 19.8. The highest BCUT2D eigenvalue weighted by molar-refractivity contribution is 6.06. The fourth-order valence-electron chi connectivity index (χ4n) is 2.64. The number of rotatable bonds is 4. The van der Waals surface area contributed by atoms with Crippen LogP contribution in [0.5, 0.6) is 0 Å². The normalized spacial score (nSPS) is 15.7. The molecule has 1 atom stereocenters. The van der Waals surface area contributed by atoms with Gasteiger partial charge in [-0.15, -0.1) is 0 Å². The number of nitrogens with zero attached hydrogens (tertiary/aromatic N) is 1. The lowest BCUT2D eigenvalue weighted by Gasteiger charge is -2.29. The lowest BCUT2D eigenvalue weighted by molar-refractivity contribution is 0.0975. The van der Waals surface area contributed by atoms with Crippen molar-refractivity contribution in [2.75, 3.05) is 4.90 Å². The van der Waals surface area contributed by atoms with Gasteiger partial charge in [0.1, 0.15) is 0 Å². The SMILES string of the molecule is C[C@H](C1CC1)N(C(=O)c1ccccc1)c1ccccc1. The molecule has 1 aliphatic carbocycles. The van der Waals surface area contributed by atoms with E-state index in [9.17, 15) is 4.79 Å². The zero-order valence-electron chi connectivity index (χ0n) is 11.7. The molecule has 1 aliphatic rings. The second-order valence-corrected chi connectivity index (χ2v) is 5.45. The number of hydrogen-bond acceptors (Lipinski definition) is 1. The molecule has 20 heavy (non-hydrogen) atoms. The van der Waals surface area contributed by atoms with Crippen molar-refractivity contribution >= 4 is 11.6 Å². The molecule has 1 fully saturated rings. The van der Waals surface area contributed by atoms with E-state index in [1.165, 1.54) is 12.8 Å². The summed E-state index contributed by atoms with van der Waals surface area (Å²) < 4.78 is 0. The Balaban J connectivity index is 1.95. The summed E-state index contributed by atoms with van der Waals surface area (Å²) in [4.78, 5) is 14.8. The molecule has 3 rings (SSSR count). The quantitative estimate of drug-likeness (QED) is 0.814. The minimum absolute atomic E-state index is 0.0937. The Hall–Kier alpha value is -2.09. The van der Waals surface area contributed by atoms with Crippen LogP contribution in [0.4, 0.5) is 5.69 Å². The first-order chi connectivity index (χ1) is 9.77. The third-order valence-corrected chi connectivity index (χ3v) is 3.99. The van der Waals surface area contributed by atoms with Gasteiger partial charge in [-0.25, -0.2) is 0 Å². The van der Waals surface area contributed by atoms with Crippen LogP contribution < -0.4 is 4.90 Å². The van der Waals surface area contributed by atoms with Crippen LogP contribution in [0.15, 0.2) is 60.7 Å². The highest BCUT2D eigenvalue weighted by atomic mass is 16.2. The van der Waals surface area contributed by atoms with Crippen LogP contribution in [0.25, 0.3) is 0 Å². The summed E-state index contributed by atoms with van der Waals surface area (Å²) >= 11 is 0. The molecule has 2 nitrogen and oxygen atoms in total. The van der Waals surface area contributed by atoms with E-state index in [2.05, 4.69) is 6.92 Å². The Morgan fingerprint density at radius 2 is 1.55 bits per heavy atom. The van der Waals surface area contributed by atoms with Crippen molar-refractivity contribution in [3.63, 3.8) is 0 Å². The van der Waals surface area contributed by atoms with Crippen molar-refractivity contribution in [3.8, 4) is 0 Å². The van der Waals surface area contributed by atoms with E-state index in [0.717, 1.165) is 11.3 Å². The molecular weight excluding hydrogens is 246 g/mol. The molecule has 0 heterocycles. The summed E-state index contributed by atoms with van der Waals surface area (Å²) in [6.45, 7) is 2.16. The van der Waals surface area contributed by atoms with Crippen molar-refractivity contribution in [2.24, 2.45) is 5.92 Å². The zero-order chi connectivity index (χ0) is 13.9. The van der Waals surface area contributed by atoms with Crippen molar-refractivity contribution in [1.29, 1.82) is 0 Å². The van der Waals surface area contributed by atoms with Crippen molar-refractivity contribution in [3.05, 3.63) is 66.2 Å². The van der Waals surface area contributed by atoms with E-state index in [1.54, 1.807) is 0 Å². The molecule has 0 radical (unpaired) electrons. The first-order valence-electron chi connectivity index (χ1n) is 7.21. The van der Waals surface area contributed by atoms with Gasteiger partial charge in [-0.05, 0) is 49.9 Å². The fraction of sp³-hybridized carbons (Fsp3) is 0.278. The fourth-order valence-corrected chi connectivity index (χ4v) is 2.64. The van der Waals surface area contributed by atoms with Gasteiger partial charge in [-0.2, -0.15) is 0 Å². The zero-order valence-corrected chi connectivity index (χ0v) is 11.7. The molecule has 0 aromatic heterocycles. The number of benzene rings is 2. The Bertz CT molecular complexity index is 575. The van der Waals surface area contributed by atoms with Crippen LogP contribution in [-0.4, -0.2) is 11.9 Å². The van der Waals surface area contributed by atoms with E-state index >= 15 is 0 Å². The first kappa shape index (κ1) is 12.9. The third kappa shape index (κ3) is 2.60. The average Bonchev–Trinajstić information content (AvgIpc) is 3.34. The van der Waals surface area contributed by atoms with Crippen LogP contribution in [-0.2, 0) is 0 Å². The van der Waals surface area contributed by atoms with Gasteiger partial charge < -0.3 is 4.90 Å². The maximum atomic E-state index is 12.8. The van der Waals surface area contributed by atoms with E-state index in [1.807, 2.05) is 65.6 Å². The highest BCUT2D eigenvalue weighted by Crippen LogP contribution is 2.37. The highest BCUT2D eigenvalue weighted by Gasteiger charge is 2.35. The number of hydrogen-bond donors (Lipinski definition) is 0. The topological polar surface area (TPSA) is 20.3 Å². The van der Waals surface area contributed by atoms with Crippen LogP contribution in [0, 0.1) is 5.92 Å². The summed E-state index contributed by atoms with van der Waals surface area (Å²) in [5, 5.41) is 0. The van der Waals surface area contributed by atoms with Gasteiger partial charge in [0.2, 0.25) is 0 Å². The van der Waals surface area contributed by atoms with Crippen molar-refractivity contribution < 1.29 is 4.79 Å². The molecule has 2 heteroatoms. The van der Waals surface area contributed by atoms with Gasteiger partial charge in [0.15, 0.2) is 0 Å². The van der Waals surface area contributed by atoms with E-state index < -0.39 is 0 Å². The van der Waals surface area contributed by atoms with Gasteiger partial charge in [0, 0.05) is 17.3 Å². The Morgan fingerprint density at radius 3 is 2.10 bits per heavy atom. The summed E-state index contributed by atoms with van der Waals surface area (Å²) in [5.74, 6) is 0.735. The van der Waals surface area contributed by atoms with E-state index in [4.69, 9.17) is 0 Å². The number of amides is 1. The first-order valence-corrected chi connectivity index (χ1v) is 7.21. The van der Waals surface area contributed by atoms with Gasteiger partial charge in [0.25, 0.3) is 5.91 Å². The molecule has 0 aliphatic heterocycles. The van der Waals surface area contributed by atoms with Gasteiger partial charge in [0.05, 0.1) is 0 Å². The molecule has 2 aromatic carbocycles. The van der Waals surface area contributed by atoms with Crippen LogP contribution in [0.3, 0.4) is 0 Å². The molecule has 0 spiro atoms. The predicted molar refractivity (Wildman–Crippen MR) is 81.9 cm³/mol. The maximum Gasteiger partial charge on any atom is 0.258 e.